The van der Waals surface area contributed by atoms with Crippen LogP contribution < -0.4 is 0 Å². The maximum atomic E-state index is 12.1. The molecular weight excluding hydrogens is 238 g/mol. The van der Waals surface area contributed by atoms with Gasteiger partial charge < -0.3 is 4.90 Å². The molecule has 0 saturated heterocycles. The first-order valence-electron chi connectivity index (χ1n) is 6.75. The molecule has 0 atom stereocenters. The fraction of sp³-hybridized carbons (Fsp3) is 0.500. The quantitative estimate of drug-likeness (QED) is 0.617. The van der Waals surface area contributed by atoms with Crippen LogP contribution in [0.25, 0.3) is 0 Å². The standard InChI is InChI=1S/C16H23NO2/c1-6-17(7-2)15(19)14(18)12-8-10-13(11-9-12)16(3,4)5/h8-11H,6-7H2,1-5H3. The Bertz CT molecular complexity index is 451. The summed E-state index contributed by atoms with van der Waals surface area (Å²) >= 11 is 0. The van der Waals surface area contributed by atoms with Gasteiger partial charge in [0.25, 0.3) is 5.91 Å². The molecule has 3 heteroatoms. The van der Waals surface area contributed by atoms with Crippen LogP contribution in [0.1, 0.15) is 50.5 Å². The monoisotopic (exact) mass is 261 g/mol. The van der Waals surface area contributed by atoms with E-state index >= 15 is 0 Å². The normalized spacial score (nSPS) is 11.2. The van der Waals surface area contributed by atoms with Crippen LogP contribution in [-0.4, -0.2) is 29.7 Å². The molecule has 0 aliphatic carbocycles. The van der Waals surface area contributed by atoms with Gasteiger partial charge in [-0.25, -0.2) is 0 Å². The van der Waals surface area contributed by atoms with Crippen LogP contribution in [0.15, 0.2) is 24.3 Å². The highest BCUT2D eigenvalue weighted by Gasteiger charge is 2.21. The van der Waals surface area contributed by atoms with Crippen LogP contribution in [0, 0.1) is 0 Å². The first-order valence-corrected chi connectivity index (χ1v) is 6.75. The molecule has 0 aliphatic rings. The van der Waals surface area contributed by atoms with Crippen molar-refractivity contribution in [2.75, 3.05) is 13.1 Å². The molecule has 104 valence electrons. The van der Waals surface area contributed by atoms with Crippen LogP contribution >= 0.6 is 0 Å². The second kappa shape index (κ2) is 6.00. The van der Waals surface area contributed by atoms with Crippen molar-refractivity contribution in [3.8, 4) is 0 Å². The molecular formula is C16H23NO2. The Balaban J connectivity index is 2.93. The Hall–Kier alpha value is -1.64. The van der Waals surface area contributed by atoms with Crippen molar-refractivity contribution in [2.45, 2.75) is 40.0 Å². The van der Waals surface area contributed by atoms with Crippen molar-refractivity contribution >= 4 is 11.7 Å². The third-order valence-corrected chi connectivity index (χ3v) is 3.26. The second-order valence-corrected chi connectivity index (χ2v) is 5.63. The molecule has 0 aromatic heterocycles. The lowest BCUT2D eigenvalue weighted by Crippen LogP contribution is -2.36. The first-order chi connectivity index (χ1) is 8.81. The molecule has 1 rings (SSSR count). The first kappa shape index (κ1) is 15.4. The second-order valence-electron chi connectivity index (χ2n) is 5.63. The van der Waals surface area contributed by atoms with Crippen LogP contribution in [0.2, 0.25) is 0 Å². The molecule has 1 aromatic carbocycles. The van der Waals surface area contributed by atoms with Gasteiger partial charge in [0.05, 0.1) is 0 Å². The molecule has 0 bridgehead atoms. The van der Waals surface area contributed by atoms with Crippen molar-refractivity contribution in [3.63, 3.8) is 0 Å². The summed E-state index contributed by atoms with van der Waals surface area (Å²) in [6.45, 7) is 11.2. The van der Waals surface area contributed by atoms with Crippen LogP contribution in [-0.2, 0) is 10.2 Å². The zero-order chi connectivity index (χ0) is 14.6. The van der Waals surface area contributed by atoms with Crippen molar-refractivity contribution in [1.29, 1.82) is 0 Å². The average molecular weight is 261 g/mol. The van der Waals surface area contributed by atoms with E-state index in [1.165, 1.54) is 0 Å². The Morgan fingerprint density at radius 3 is 1.84 bits per heavy atom. The van der Waals surface area contributed by atoms with E-state index in [0.717, 1.165) is 5.56 Å². The van der Waals surface area contributed by atoms with E-state index in [0.29, 0.717) is 18.7 Å². The van der Waals surface area contributed by atoms with Crippen molar-refractivity contribution in [1.82, 2.24) is 4.90 Å². The van der Waals surface area contributed by atoms with Gasteiger partial charge in [0.15, 0.2) is 0 Å². The lowest BCUT2D eigenvalue weighted by Gasteiger charge is -2.20. The maximum Gasteiger partial charge on any atom is 0.294 e. The number of benzene rings is 1. The summed E-state index contributed by atoms with van der Waals surface area (Å²) in [6, 6.07) is 7.32. The fourth-order valence-corrected chi connectivity index (χ4v) is 1.90. The molecule has 0 N–H and O–H groups in total. The van der Waals surface area contributed by atoms with Gasteiger partial charge in [-0.2, -0.15) is 0 Å². The fourth-order valence-electron chi connectivity index (χ4n) is 1.90. The third-order valence-electron chi connectivity index (χ3n) is 3.26. The Morgan fingerprint density at radius 2 is 1.47 bits per heavy atom. The van der Waals surface area contributed by atoms with Gasteiger partial charge in [0, 0.05) is 18.7 Å². The number of carbonyl (C=O) groups excluding carboxylic acids is 2. The SMILES string of the molecule is CCN(CC)C(=O)C(=O)c1ccc(C(C)(C)C)cc1. The van der Waals surface area contributed by atoms with Gasteiger partial charge in [-0.1, -0.05) is 45.0 Å². The topological polar surface area (TPSA) is 37.4 Å². The molecule has 0 unspecified atom stereocenters. The lowest BCUT2D eigenvalue weighted by molar-refractivity contribution is -0.126. The summed E-state index contributed by atoms with van der Waals surface area (Å²) in [6.07, 6.45) is 0. The minimum absolute atomic E-state index is 0.0461. The van der Waals surface area contributed by atoms with Crippen LogP contribution in [0.5, 0.6) is 0 Å². The molecule has 1 aromatic rings. The smallest absolute Gasteiger partial charge is 0.294 e. The highest BCUT2D eigenvalue weighted by molar-refractivity contribution is 6.42. The maximum absolute atomic E-state index is 12.1. The third kappa shape index (κ3) is 3.66. The number of ketones is 1. The number of Topliss-reactive ketones (excluding diaryl/α,β-unsaturated/α-hetero) is 1. The Morgan fingerprint density at radius 1 is 1.00 bits per heavy atom. The predicted molar refractivity (Wildman–Crippen MR) is 77.4 cm³/mol. The van der Waals surface area contributed by atoms with Crippen molar-refractivity contribution < 1.29 is 9.59 Å². The summed E-state index contributed by atoms with van der Waals surface area (Å²) < 4.78 is 0. The van der Waals surface area contributed by atoms with E-state index in [1.807, 2.05) is 26.0 Å². The molecule has 1 amide bonds. The lowest BCUT2D eigenvalue weighted by atomic mass is 9.86. The number of amides is 1. The summed E-state index contributed by atoms with van der Waals surface area (Å²) in [4.78, 5) is 25.6. The molecule has 0 saturated carbocycles. The van der Waals surface area contributed by atoms with E-state index in [1.54, 1.807) is 17.0 Å². The highest BCUT2D eigenvalue weighted by Crippen LogP contribution is 2.22. The molecule has 0 aliphatic heterocycles. The number of likely N-dealkylation sites (N-methyl/N-ethyl adjacent to an activating group) is 1. The summed E-state index contributed by atoms with van der Waals surface area (Å²) in [5.41, 5.74) is 1.66. The average Bonchev–Trinajstić information content (AvgIpc) is 2.38. The molecule has 19 heavy (non-hydrogen) atoms. The Labute approximate surface area is 115 Å². The van der Waals surface area contributed by atoms with E-state index in [-0.39, 0.29) is 5.41 Å². The number of nitrogens with zero attached hydrogens (tertiary/aromatic N) is 1. The highest BCUT2D eigenvalue weighted by atomic mass is 16.2. The zero-order valence-electron chi connectivity index (χ0n) is 12.5. The van der Waals surface area contributed by atoms with Gasteiger partial charge in [-0.3, -0.25) is 9.59 Å². The number of carbonyl (C=O) groups is 2. The van der Waals surface area contributed by atoms with Crippen LogP contribution in [0.4, 0.5) is 0 Å². The van der Waals surface area contributed by atoms with Gasteiger partial charge in [-0.05, 0) is 24.8 Å². The van der Waals surface area contributed by atoms with Crippen LogP contribution in [0.3, 0.4) is 0 Å². The molecule has 0 fully saturated rings. The van der Waals surface area contributed by atoms with E-state index < -0.39 is 11.7 Å². The summed E-state index contributed by atoms with van der Waals surface area (Å²) in [5.74, 6) is -0.849. The predicted octanol–water partition coefficient (Wildman–Crippen LogP) is 3.04. The number of hydrogen-bond acceptors (Lipinski definition) is 2. The van der Waals surface area contributed by atoms with Gasteiger partial charge in [-0.15, -0.1) is 0 Å². The number of hydrogen-bond donors (Lipinski definition) is 0. The zero-order valence-corrected chi connectivity index (χ0v) is 12.5. The van der Waals surface area contributed by atoms with Crippen molar-refractivity contribution in [3.05, 3.63) is 35.4 Å². The minimum Gasteiger partial charge on any atom is -0.336 e. The molecule has 0 radical (unpaired) electrons. The van der Waals surface area contributed by atoms with Gasteiger partial charge in [0.1, 0.15) is 0 Å². The largest absolute Gasteiger partial charge is 0.336 e. The van der Waals surface area contributed by atoms with E-state index in [9.17, 15) is 9.59 Å². The van der Waals surface area contributed by atoms with E-state index in [4.69, 9.17) is 0 Å². The van der Waals surface area contributed by atoms with Crippen molar-refractivity contribution in [2.24, 2.45) is 0 Å². The van der Waals surface area contributed by atoms with Gasteiger partial charge in [0.2, 0.25) is 5.78 Å². The van der Waals surface area contributed by atoms with Gasteiger partial charge >= 0.3 is 0 Å². The number of rotatable bonds is 4. The molecule has 3 nitrogen and oxygen atoms in total. The summed E-state index contributed by atoms with van der Waals surface area (Å²) in [7, 11) is 0. The summed E-state index contributed by atoms with van der Waals surface area (Å²) in [5, 5.41) is 0. The Kier molecular flexibility index (Phi) is 4.87. The van der Waals surface area contributed by atoms with E-state index in [2.05, 4.69) is 20.8 Å². The minimum atomic E-state index is -0.427. The molecule has 0 heterocycles. The molecule has 0 spiro atoms.